The summed E-state index contributed by atoms with van der Waals surface area (Å²) in [6.07, 6.45) is 4.03. The highest BCUT2D eigenvalue weighted by Gasteiger charge is 2.51. The lowest BCUT2D eigenvalue weighted by molar-refractivity contribution is -0.121. The van der Waals surface area contributed by atoms with Gasteiger partial charge < -0.3 is 20.2 Å². The van der Waals surface area contributed by atoms with Crippen LogP contribution in [0, 0.1) is 31.1 Å². The minimum absolute atomic E-state index is 0.0362. The number of nitrogens with one attached hydrogen (secondary N) is 3. The maximum atomic E-state index is 12.4. The van der Waals surface area contributed by atoms with E-state index >= 15 is 0 Å². The molecule has 1 aliphatic carbocycles. The first-order valence-corrected chi connectivity index (χ1v) is 15.0. The van der Waals surface area contributed by atoms with Crippen LogP contribution in [0.5, 0.6) is 5.88 Å². The van der Waals surface area contributed by atoms with Crippen LogP contribution < -0.4 is 15.4 Å². The first-order valence-electron chi connectivity index (χ1n) is 15.0. The molecular formula is C34H46N4O2. The minimum Gasteiger partial charge on any atom is -0.472 e. The normalized spacial score (nSPS) is 22.7. The van der Waals surface area contributed by atoms with Crippen LogP contribution in [0.4, 0.5) is 0 Å². The van der Waals surface area contributed by atoms with E-state index in [-0.39, 0.29) is 12.1 Å². The number of aromatic nitrogens is 2. The molecular weight excluding hydrogens is 496 g/mol. The van der Waals surface area contributed by atoms with Crippen molar-refractivity contribution in [3.63, 3.8) is 0 Å². The van der Waals surface area contributed by atoms with Crippen LogP contribution in [0.25, 0.3) is 11.3 Å². The number of carbonyl (C=O) groups excluding carboxylic acids is 1. The summed E-state index contributed by atoms with van der Waals surface area (Å²) in [5.41, 5.74) is 6.27. The van der Waals surface area contributed by atoms with Crippen molar-refractivity contribution in [1.82, 2.24) is 20.8 Å². The number of hydrogen-bond donors (Lipinski definition) is 3. The topological polar surface area (TPSA) is 79.0 Å². The van der Waals surface area contributed by atoms with Gasteiger partial charge in [-0.05, 0) is 83.0 Å². The second kappa shape index (κ2) is 11.9. The van der Waals surface area contributed by atoms with Gasteiger partial charge in [0.15, 0.2) is 0 Å². The molecule has 3 N–H and O–H groups in total. The molecule has 2 fully saturated rings. The fourth-order valence-corrected chi connectivity index (χ4v) is 7.01. The molecule has 5 rings (SSSR count). The molecule has 1 saturated heterocycles. The van der Waals surface area contributed by atoms with E-state index in [1.165, 1.54) is 23.1 Å². The monoisotopic (exact) mass is 542 g/mol. The number of carbonyl (C=O) groups is 1. The summed E-state index contributed by atoms with van der Waals surface area (Å²) in [6.45, 7) is 14.6. The van der Waals surface area contributed by atoms with Gasteiger partial charge in [-0.1, -0.05) is 61.4 Å². The van der Waals surface area contributed by atoms with Crippen LogP contribution in [0.2, 0.25) is 0 Å². The number of ether oxygens (including phenoxy) is 1. The molecule has 1 aromatic heterocycles. The summed E-state index contributed by atoms with van der Waals surface area (Å²) >= 11 is 0. The predicted molar refractivity (Wildman–Crippen MR) is 162 cm³/mol. The highest BCUT2D eigenvalue weighted by molar-refractivity contribution is 5.68. The molecule has 214 valence electrons. The molecule has 0 spiro atoms. The number of aldehydes is 1. The van der Waals surface area contributed by atoms with Crippen LogP contribution >= 0.6 is 0 Å². The molecule has 2 aromatic carbocycles. The third-order valence-electron chi connectivity index (χ3n) is 9.20. The van der Waals surface area contributed by atoms with Crippen molar-refractivity contribution >= 4 is 6.29 Å². The molecule has 0 radical (unpaired) electrons. The van der Waals surface area contributed by atoms with Crippen molar-refractivity contribution in [3.8, 4) is 17.1 Å². The minimum atomic E-state index is -0.634. The van der Waals surface area contributed by atoms with Gasteiger partial charge in [0, 0.05) is 30.1 Å². The molecule has 2 bridgehead atoms. The third kappa shape index (κ3) is 5.75. The number of hydrogen-bond acceptors (Lipinski definition) is 5. The van der Waals surface area contributed by atoms with Gasteiger partial charge in [-0.15, -0.1) is 5.10 Å². The highest BCUT2D eigenvalue weighted by atomic mass is 16.5. The third-order valence-corrected chi connectivity index (χ3v) is 9.20. The van der Waals surface area contributed by atoms with Gasteiger partial charge in [0.05, 0.1) is 16.7 Å². The van der Waals surface area contributed by atoms with Gasteiger partial charge in [-0.2, -0.15) is 0 Å². The van der Waals surface area contributed by atoms with Gasteiger partial charge >= 0.3 is 0 Å². The van der Waals surface area contributed by atoms with E-state index < -0.39 is 5.41 Å². The molecule has 3 aromatic rings. The molecule has 1 aliphatic heterocycles. The summed E-state index contributed by atoms with van der Waals surface area (Å²) in [4.78, 5) is 12.4. The Kier molecular flexibility index (Phi) is 8.48. The van der Waals surface area contributed by atoms with Crippen molar-refractivity contribution in [2.45, 2.75) is 84.9 Å². The Morgan fingerprint density at radius 1 is 1.12 bits per heavy atom. The van der Waals surface area contributed by atoms with Crippen molar-refractivity contribution in [1.29, 1.82) is 0 Å². The number of fused-ring (bicyclic) bond motifs is 2. The molecule has 1 saturated carbocycles. The zero-order valence-electron chi connectivity index (χ0n) is 25.0. The molecule has 2 heterocycles. The van der Waals surface area contributed by atoms with Gasteiger partial charge in [-0.3, -0.25) is 5.10 Å². The van der Waals surface area contributed by atoms with Gasteiger partial charge in [0.1, 0.15) is 12.4 Å². The summed E-state index contributed by atoms with van der Waals surface area (Å²) in [6, 6.07) is 17.7. The van der Waals surface area contributed by atoms with Crippen molar-refractivity contribution in [2.24, 2.45) is 17.3 Å². The summed E-state index contributed by atoms with van der Waals surface area (Å²) < 4.78 is 6.95. The maximum Gasteiger partial charge on any atom is 0.238 e. The molecule has 6 nitrogen and oxygen atoms in total. The number of piperidine rings is 1. The predicted octanol–water partition coefficient (Wildman–Crippen LogP) is 6.51. The van der Waals surface area contributed by atoms with E-state index in [0.717, 1.165) is 49.0 Å². The van der Waals surface area contributed by atoms with Crippen LogP contribution in [-0.2, 0) is 4.79 Å². The highest BCUT2D eigenvalue weighted by Crippen LogP contribution is 2.46. The van der Waals surface area contributed by atoms with Crippen LogP contribution in [0.15, 0.2) is 48.5 Å². The van der Waals surface area contributed by atoms with E-state index in [1.54, 1.807) is 0 Å². The Balaban J connectivity index is 1.52. The largest absolute Gasteiger partial charge is 0.472 e. The number of benzene rings is 2. The summed E-state index contributed by atoms with van der Waals surface area (Å²) in [7, 11) is 0. The number of aryl methyl sites for hydroxylation is 2. The smallest absolute Gasteiger partial charge is 0.238 e. The Morgan fingerprint density at radius 3 is 2.42 bits per heavy atom. The number of H-pyrrole nitrogens is 1. The van der Waals surface area contributed by atoms with Crippen molar-refractivity contribution in [3.05, 3.63) is 70.8 Å². The van der Waals surface area contributed by atoms with E-state index in [0.29, 0.717) is 29.7 Å². The fourth-order valence-electron chi connectivity index (χ4n) is 7.01. The number of rotatable bonds is 12. The lowest BCUT2D eigenvalue weighted by Crippen LogP contribution is -2.46. The Labute approximate surface area is 239 Å². The average molecular weight is 543 g/mol. The molecule has 40 heavy (non-hydrogen) atoms. The lowest BCUT2D eigenvalue weighted by atomic mass is 9.76. The zero-order chi connectivity index (χ0) is 28.4. The van der Waals surface area contributed by atoms with Gasteiger partial charge in [0.25, 0.3) is 0 Å². The molecule has 0 unspecified atom stereocenters. The quantitative estimate of drug-likeness (QED) is 0.228. The molecule has 2 aliphatic rings. The number of aromatic amines is 1. The van der Waals surface area contributed by atoms with E-state index in [4.69, 9.17) is 9.84 Å². The van der Waals surface area contributed by atoms with Crippen LogP contribution in [0.1, 0.15) is 81.2 Å². The summed E-state index contributed by atoms with van der Waals surface area (Å²) in [5.74, 6) is 1.80. The zero-order valence-corrected chi connectivity index (χ0v) is 25.0. The maximum absolute atomic E-state index is 12.4. The van der Waals surface area contributed by atoms with Crippen LogP contribution in [0.3, 0.4) is 0 Å². The molecule has 0 amide bonds. The Bertz CT molecular complexity index is 1260. The fraction of sp³-hybridized carbons (Fsp3) is 0.529. The SMILES string of the molecule is CC[C@H](NC[C@@H](C)c1ccccc1)c1c(O[C@@H]([C@H]2[C@@H]3CC[C@@H]2NC3)C(C)(C)C=O)n[nH]c1-c1cc(C)cc(C)c1. The van der Waals surface area contributed by atoms with Gasteiger partial charge in [-0.25, -0.2) is 0 Å². The average Bonchev–Trinajstić information content (AvgIpc) is 3.66. The second-order valence-electron chi connectivity index (χ2n) is 12.8. The Morgan fingerprint density at radius 2 is 1.85 bits per heavy atom. The van der Waals surface area contributed by atoms with E-state index in [2.05, 4.69) is 92.0 Å². The number of nitrogens with zero attached hydrogens (tertiary/aromatic N) is 1. The van der Waals surface area contributed by atoms with E-state index in [1.807, 2.05) is 13.8 Å². The van der Waals surface area contributed by atoms with E-state index in [9.17, 15) is 4.79 Å². The molecule has 6 heteroatoms. The standard InChI is InChI=1S/C34H46N4O2/c1-7-27(35-18-23(4)24-11-9-8-10-12-24)30-31(26-16-21(2)15-22(3)17-26)37-38-33(30)40-32(34(5,6)20-39)29-25-13-14-28(29)36-19-25/h8-12,15-17,20,23,25,27-29,32,35-36H,7,13-14,18-19H2,1-6H3,(H,37,38)/t23-,25-,27+,28+,29+,32+/m1/s1. The first kappa shape index (κ1) is 28.6. The van der Waals surface area contributed by atoms with Gasteiger partial charge in [0.2, 0.25) is 5.88 Å². The lowest BCUT2D eigenvalue weighted by Gasteiger charge is -2.36. The molecule has 6 atom stereocenters. The van der Waals surface area contributed by atoms with Crippen LogP contribution in [-0.4, -0.2) is 41.7 Å². The van der Waals surface area contributed by atoms with Crippen molar-refractivity contribution in [2.75, 3.05) is 13.1 Å². The Hall–Kier alpha value is -2.96. The summed E-state index contributed by atoms with van der Waals surface area (Å²) in [5, 5.41) is 15.7. The second-order valence-corrected chi connectivity index (χ2v) is 12.8. The first-order chi connectivity index (χ1) is 19.2. The van der Waals surface area contributed by atoms with Crippen molar-refractivity contribution < 1.29 is 9.53 Å².